The fourth-order valence-corrected chi connectivity index (χ4v) is 15.2. The Bertz CT molecular complexity index is 5240. The van der Waals surface area contributed by atoms with Crippen LogP contribution in [-0.4, -0.2) is 97.1 Å². The van der Waals surface area contributed by atoms with Crippen molar-refractivity contribution >= 4 is 69.1 Å². The van der Waals surface area contributed by atoms with Gasteiger partial charge >= 0.3 is 0 Å². The number of fused-ring (bicyclic) bond motifs is 4. The Labute approximate surface area is 682 Å². The average molecular weight is 1580 g/mol. The number of para-hydroxylation sites is 8. The van der Waals surface area contributed by atoms with Gasteiger partial charge in [0, 0.05) is 69.3 Å². The van der Waals surface area contributed by atoms with Crippen molar-refractivity contribution in [2.45, 2.75) is 104 Å². The summed E-state index contributed by atoms with van der Waals surface area (Å²) in [6, 6.07) is 63.8. The topological polar surface area (TPSA) is 286 Å². The highest BCUT2D eigenvalue weighted by Gasteiger charge is 2.40. The highest BCUT2D eigenvalue weighted by atomic mass is 16.5. The van der Waals surface area contributed by atoms with Gasteiger partial charge in [0.1, 0.15) is 52.6 Å². The third kappa shape index (κ3) is 18.6. The molecule has 4 amide bonds. The third-order valence-electron chi connectivity index (χ3n) is 20.9. The molecule has 8 aliphatic rings. The molecular weight excluding hydrogens is 1480 g/mol. The Morgan fingerprint density at radius 1 is 0.299 bits per heavy atom. The second-order valence-corrected chi connectivity index (χ2v) is 28.7. The molecule has 9 aromatic carbocycles. The first-order valence-corrected chi connectivity index (χ1v) is 40.4. The number of benzene rings is 9. The SMILES string of the molecule is CCCCCCOc1ccc(C2Nc3ccccc3NC3=C2C(=O)NC3)c(OC)c1.CCCOc1cc(OCC)ccc1C1Nc2ccccc2NC2=C1C(=O)NC2.CCCOc1ccc(C2Nc3ccccc3NC3=C2C(=O)NC3)c(OCC)c1.COc1cc(OCc2ccccc2)ccc1C1Nc2ccccc2NC2=C1C(=O)NC2. The molecule has 0 bridgehead atoms. The first-order valence-electron chi connectivity index (χ1n) is 40.4. The second kappa shape index (κ2) is 38.2. The molecule has 117 heavy (non-hydrogen) atoms. The van der Waals surface area contributed by atoms with Gasteiger partial charge < -0.3 is 102 Å². The maximum atomic E-state index is 12.7. The molecule has 4 unspecified atom stereocenters. The lowest BCUT2D eigenvalue weighted by atomic mass is 9.96. The number of hydrogen-bond donors (Lipinski definition) is 12. The van der Waals surface area contributed by atoms with Crippen LogP contribution >= 0.6 is 0 Å². The smallest absolute Gasteiger partial charge is 0.251 e. The van der Waals surface area contributed by atoms with Gasteiger partial charge in [-0.2, -0.15) is 0 Å². The van der Waals surface area contributed by atoms with Crippen LogP contribution in [0.1, 0.15) is 125 Å². The van der Waals surface area contributed by atoms with Crippen LogP contribution in [-0.2, 0) is 25.8 Å². The predicted octanol–water partition coefficient (Wildman–Crippen LogP) is 16.5. The molecule has 0 aliphatic carbocycles. The van der Waals surface area contributed by atoms with Crippen LogP contribution < -0.4 is 102 Å². The molecule has 0 saturated heterocycles. The summed E-state index contributed by atoms with van der Waals surface area (Å²) in [6.45, 7) is 15.7. The number of amides is 4. The standard InChI is InChI=1S/C25H23N3O3.C24H29N3O3.2C22H25N3O3/c1-30-22-13-17(31-15-16-7-3-2-4-8-16)11-12-18(22)24-23-21(14-26-25(23)29)27-19-9-5-6-10-20(19)28-24;1-3-4-5-8-13-30-16-11-12-17(21(14-16)29-2)23-22-20(15-25-24(22)28)26-18-9-6-7-10-19(18)27-23;1-3-11-28-14-9-10-15(19(12-14)27-4-2)21-20-18(13-23-22(20)26)24-16-7-5-6-8-17(16)25-21;1-3-11-28-19-12-14(27-4-2)9-10-15(19)21-20-18(13-23-22(20)26)24-16-7-5-6-8-17(16)25-21/h2-13,24,27-28H,14-15H2,1H3,(H,26,29);6-7,9-12,14,23,26-27H,3-5,8,13,15H2,1-2H3,(H,25,28);2*5-10,12,21,24-25H,3-4,11,13H2,1-2H3,(H,23,26). The average Bonchev–Trinajstić information content (AvgIpc) is 1.67. The van der Waals surface area contributed by atoms with Crippen molar-refractivity contribution in [1.29, 1.82) is 0 Å². The zero-order valence-electron chi connectivity index (χ0n) is 67.1. The number of hydrogen-bond acceptors (Lipinski definition) is 20. The van der Waals surface area contributed by atoms with Crippen LogP contribution in [0.5, 0.6) is 46.0 Å². The second-order valence-electron chi connectivity index (χ2n) is 28.7. The molecule has 0 saturated carbocycles. The number of nitrogens with one attached hydrogen (secondary N) is 12. The lowest BCUT2D eigenvalue weighted by Crippen LogP contribution is -2.24. The van der Waals surface area contributed by atoms with Gasteiger partial charge in [-0.1, -0.05) is 119 Å². The van der Waals surface area contributed by atoms with E-state index in [4.69, 9.17) is 37.9 Å². The zero-order valence-corrected chi connectivity index (χ0v) is 67.1. The summed E-state index contributed by atoms with van der Waals surface area (Å²) in [5.41, 5.74) is 18.6. The molecule has 0 fully saturated rings. The Morgan fingerprint density at radius 3 is 0.974 bits per heavy atom. The Hall–Kier alpha value is -13.4. The number of anilines is 8. The minimum absolute atomic E-state index is 0.0665. The van der Waals surface area contributed by atoms with Crippen molar-refractivity contribution in [3.63, 3.8) is 0 Å². The van der Waals surface area contributed by atoms with Gasteiger partial charge in [0.25, 0.3) is 23.6 Å². The molecule has 12 N–H and O–H groups in total. The maximum Gasteiger partial charge on any atom is 0.251 e. The van der Waals surface area contributed by atoms with Gasteiger partial charge in [0.15, 0.2) is 0 Å². The van der Waals surface area contributed by atoms with E-state index in [0.29, 0.717) is 105 Å². The molecule has 24 nitrogen and oxygen atoms in total. The first kappa shape index (κ1) is 80.2. The molecule has 4 atom stereocenters. The van der Waals surface area contributed by atoms with Crippen molar-refractivity contribution < 1.29 is 57.1 Å². The van der Waals surface area contributed by atoms with E-state index >= 15 is 0 Å². The van der Waals surface area contributed by atoms with E-state index in [0.717, 1.165) is 144 Å². The summed E-state index contributed by atoms with van der Waals surface area (Å²) in [5, 5.41) is 39.5. The summed E-state index contributed by atoms with van der Waals surface area (Å²) in [7, 11) is 3.28. The third-order valence-corrected chi connectivity index (χ3v) is 20.9. The molecule has 24 heteroatoms. The van der Waals surface area contributed by atoms with Crippen LogP contribution in [0.15, 0.2) is 245 Å². The zero-order chi connectivity index (χ0) is 81.2. The predicted molar refractivity (Wildman–Crippen MR) is 459 cm³/mol. The van der Waals surface area contributed by atoms with E-state index in [1.807, 2.05) is 214 Å². The minimum Gasteiger partial charge on any atom is -0.496 e. The van der Waals surface area contributed by atoms with Crippen LogP contribution in [0.4, 0.5) is 45.5 Å². The van der Waals surface area contributed by atoms with Crippen molar-refractivity contribution in [2.75, 3.05) is 116 Å². The lowest BCUT2D eigenvalue weighted by molar-refractivity contribution is -0.117. The van der Waals surface area contributed by atoms with Gasteiger partial charge in [0.2, 0.25) is 0 Å². The van der Waals surface area contributed by atoms with Crippen molar-refractivity contribution in [3.8, 4) is 46.0 Å². The van der Waals surface area contributed by atoms with E-state index in [-0.39, 0.29) is 47.8 Å². The molecule has 0 spiro atoms. The summed E-state index contributed by atoms with van der Waals surface area (Å²) >= 11 is 0. The number of methoxy groups -OCH3 is 2. The van der Waals surface area contributed by atoms with Crippen molar-refractivity contribution in [1.82, 2.24) is 21.3 Å². The molecule has 8 heterocycles. The van der Waals surface area contributed by atoms with Gasteiger partial charge in [-0.05, 0) is 136 Å². The fraction of sp³-hybridized carbons (Fsp3) is 0.290. The maximum absolute atomic E-state index is 12.7. The molecular formula is C93H102N12O12. The monoisotopic (exact) mass is 1580 g/mol. The van der Waals surface area contributed by atoms with E-state index in [9.17, 15) is 19.2 Å². The van der Waals surface area contributed by atoms with Crippen LogP contribution in [0, 0.1) is 0 Å². The summed E-state index contributed by atoms with van der Waals surface area (Å²) in [5.74, 6) is 5.55. The fourth-order valence-electron chi connectivity index (χ4n) is 15.2. The molecule has 0 aromatic heterocycles. The van der Waals surface area contributed by atoms with E-state index in [1.165, 1.54) is 19.3 Å². The van der Waals surface area contributed by atoms with Gasteiger partial charge in [-0.25, -0.2) is 0 Å². The molecule has 0 radical (unpaired) electrons. The van der Waals surface area contributed by atoms with Crippen LogP contribution in [0.2, 0.25) is 0 Å². The van der Waals surface area contributed by atoms with E-state index in [2.05, 4.69) is 84.6 Å². The number of unbranched alkanes of at least 4 members (excludes halogenated alkanes) is 3. The Kier molecular flexibility index (Phi) is 26.2. The van der Waals surface area contributed by atoms with Crippen LogP contribution in [0.25, 0.3) is 0 Å². The normalized spacial score (nSPS) is 17.4. The van der Waals surface area contributed by atoms with Gasteiger partial charge in [-0.3, -0.25) is 19.2 Å². The number of carbonyl (C=O) groups is 4. The Morgan fingerprint density at radius 2 is 0.615 bits per heavy atom. The van der Waals surface area contributed by atoms with Gasteiger partial charge in [0.05, 0.1) is 165 Å². The number of rotatable bonds is 25. The van der Waals surface area contributed by atoms with E-state index in [1.54, 1.807) is 14.2 Å². The molecule has 17 rings (SSSR count). The number of carbonyl (C=O) groups excluding carboxylic acids is 4. The summed E-state index contributed by atoms with van der Waals surface area (Å²) < 4.78 is 46.7. The highest BCUT2D eigenvalue weighted by molar-refractivity contribution is 6.04. The molecule has 8 aliphatic heterocycles. The first-order chi connectivity index (χ1) is 57.3. The van der Waals surface area contributed by atoms with Crippen molar-refractivity contribution in [2.24, 2.45) is 0 Å². The van der Waals surface area contributed by atoms with Crippen LogP contribution in [0.3, 0.4) is 0 Å². The summed E-state index contributed by atoms with van der Waals surface area (Å²) in [6.07, 6.45) is 6.50. The summed E-state index contributed by atoms with van der Waals surface area (Å²) in [4.78, 5) is 50.7. The van der Waals surface area contributed by atoms with E-state index < -0.39 is 0 Å². The largest absolute Gasteiger partial charge is 0.496 e. The molecule has 9 aromatic rings. The Balaban J connectivity index is 0.000000129. The molecule has 606 valence electrons. The lowest BCUT2D eigenvalue weighted by Gasteiger charge is -2.23. The van der Waals surface area contributed by atoms with Crippen molar-refractivity contribution in [3.05, 3.63) is 273 Å². The minimum atomic E-state index is -0.355. The quantitative estimate of drug-likeness (QED) is 0.0237. The number of ether oxygens (including phenoxy) is 8. The van der Waals surface area contributed by atoms with Gasteiger partial charge in [-0.15, -0.1) is 0 Å². The highest BCUT2D eigenvalue weighted by Crippen LogP contribution is 2.47.